The number of hydrogen-bond acceptors (Lipinski definition) is 5. The number of carbonyl (C=O) groups is 1. The van der Waals surface area contributed by atoms with Crippen LogP contribution in [0.4, 0.5) is 5.13 Å². The fourth-order valence-electron chi connectivity index (χ4n) is 2.26. The van der Waals surface area contributed by atoms with Crippen molar-refractivity contribution in [3.8, 4) is 0 Å². The van der Waals surface area contributed by atoms with Gasteiger partial charge in [-0.1, -0.05) is 36.8 Å². The van der Waals surface area contributed by atoms with Crippen LogP contribution in [0.15, 0.2) is 28.9 Å². The Bertz CT molecular complexity index is 841. The highest BCUT2D eigenvalue weighted by Crippen LogP contribution is 2.25. The highest BCUT2D eigenvalue weighted by molar-refractivity contribution is 7.15. The molecule has 0 aliphatic rings. The number of furan rings is 1. The lowest BCUT2D eigenvalue weighted by atomic mass is 10.1. The monoisotopic (exact) mass is 349 g/mol. The highest BCUT2D eigenvalue weighted by atomic mass is 35.5. The van der Waals surface area contributed by atoms with Gasteiger partial charge in [0.25, 0.3) is 0 Å². The average Bonchev–Trinajstić information content (AvgIpc) is 3.06. The van der Waals surface area contributed by atoms with Crippen LogP contribution in [0.25, 0.3) is 11.0 Å². The van der Waals surface area contributed by atoms with E-state index >= 15 is 0 Å². The Morgan fingerprint density at radius 2 is 2.22 bits per heavy atom. The van der Waals surface area contributed by atoms with E-state index in [0.717, 1.165) is 22.4 Å². The Hall–Kier alpha value is -1.92. The fraction of sp³-hybridized carbons (Fsp3) is 0.312. The zero-order chi connectivity index (χ0) is 16.4. The van der Waals surface area contributed by atoms with Crippen LogP contribution in [-0.4, -0.2) is 16.1 Å². The Kier molecular flexibility index (Phi) is 4.63. The standard InChI is InChI=1S/C16H16ClN3O2S/c1-9(2)5-15-19-20-16(23-15)18-14(21)6-10-8-22-13-4-3-11(17)7-12(10)13/h3-4,7-9H,5-6H2,1-2H3,(H,18,20,21). The molecule has 0 aliphatic carbocycles. The summed E-state index contributed by atoms with van der Waals surface area (Å²) in [5, 5.41) is 13.8. The largest absolute Gasteiger partial charge is 0.464 e. The molecule has 0 bridgehead atoms. The zero-order valence-corrected chi connectivity index (χ0v) is 14.4. The van der Waals surface area contributed by atoms with Crippen LogP contribution in [0.1, 0.15) is 24.4 Å². The fourth-order valence-corrected chi connectivity index (χ4v) is 3.40. The van der Waals surface area contributed by atoms with Crippen LogP contribution in [0.5, 0.6) is 0 Å². The first-order chi connectivity index (χ1) is 11.0. The second kappa shape index (κ2) is 6.68. The van der Waals surface area contributed by atoms with Crippen LogP contribution < -0.4 is 5.32 Å². The molecule has 0 spiro atoms. The van der Waals surface area contributed by atoms with E-state index < -0.39 is 0 Å². The molecule has 2 heterocycles. The molecule has 1 amide bonds. The van der Waals surface area contributed by atoms with Gasteiger partial charge in [-0.2, -0.15) is 0 Å². The SMILES string of the molecule is CC(C)Cc1nnc(NC(=O)Cc2coc3ccc(Cl)cc23)s1. The molecule has 0 atom stereocenters. The highest BCUT2D eigenvalue weighted by Gasteiger charge is 2.13. The molecule has 2 aromatic heterocycles. The molecule has 5 nitrogen and oxygen atoms in total. The molecule has 3 aromatic rings. The molecule has 0 fully saturated rings. The molecule has 3 rings (SSSR count). The van der Waals surface area contributed by atoms with Crippen molar-refractivity contribution in [2.75, 3.05) is 5.32 Å². The second-order valence-electron chi connectivity index (χ2n) is 5.73. The van der Waals surface area contributed by atoms with E-state index in [2.05, 4.69) is 29.4 Å². The summed E-state index contributed by atoms with van der Waals surface area (Å²) in [4.78, 5) is 12.2. The number of nitrogens with one attached hydrogen (secondary N) is 1. The molecule has 1 N–H and O–H groups in total. The van der Waals surface area contributed by atoms with Crippen LogP contribution in [0.2, 0.25) is 5.02 Å². The van der Waals surface area contributed by atoms with Gasteiger partial charge in [0.1, 0.15) is 10.6 Å². The molecular formula is C16H16ClN3O2S. The summed E-state index contributed by atoms with van der Waals surface area (Å²) < 4.78 is 5.44. The Morgan fingerprint density at radius 3 is 3.00 bits per heavy atom. The van der Waals surface area contributed by atoms with Crippen molar-refractivity contribution >= 4 is 44.9 Å². The summed E-state index contributed by atoms with van der Waals surface area (Å²) in [7, 11) is 0. The van der Waals surface area contributed by atoms with Gasteiger partial charge in [-0.05, 0) is 24.1 Å². The van der Waals surface area contributed by atoms with E-state index in [9.17, 15) is 4.79 Å². The summed E-state index contributed by atoms with van der Waals surface area (Å²) in [6.07, 6.45) is 2.65. The number of benzene rings is 1. The van der Waals surface area contributed by atoms with Crippen molar-refractivity contribution in [2.24, 2.45) is 5.92 Å². The van der Waals surface area contributed by atoms with Crippen LogP contribution in [-0.2, 0) is 17.6 Å². The first kappa shape index (κ1) is 16.0. The van der Waals surface area contributed by atoms with E-state index in [4.69, 9.17) is 16.0 Å². The minimum Gasteiger partial charge on any atom is -0.464 e. The molecule has 0 radical (unpaired) electrons. The quantitative estimate of drug-likeness (QED) is 0.744. The summed E-state index contributed by atoms with van der Waals surface area (Å²) >= 11 is 7.41. The van der Waals surface area contributed by atoms with Gasteiger partial charge in [0.2, 0.25) is 11.0 Å². The molecule has 23 heavy (non-hydrogen) atoms. The number of nitrogens with zero attached hydrogens (tertiary/aromatic N) is 2. The summed E-state index contributed by atoms with van der Waals surface area (Å²) in [5.41, 5.74) is 1.51. The third-order valence-electron chi connectivity index (χ3n) is 3.26. The molecular weight excluding hydrogens is 334 g/mol. The Balaban J connectivity index is 1.69. The zero-order valence-electron chi connectivity index (χ0n) is 12.8. The maximum Gasteiger partial charge on any atom is 0.230 e. The van der Waals surface area contributed by atoms with Gasteiger partial charge in [-0.3, -0.25) is 4.79 Å². The third kappa shape index (κ3) is 3.89. The number of amides is 1. The van der Waals surface area contributed by atoms with Gasteiger partial charge < -0.3 is 9.73 Å². The van der Waals surface area contributed by atoms with Crippen LogP contribution >= 0.6 is 22.9 Å². The van der Waals surface area contributed by atoms with E-state index in [1.165, 1.54) is 11.3 Å². The van der Waals surface area contributed by atoms with Crippen molar-refractivity contribution < 1.29 is 9.21 Å². The topological polar surface area (TPSA) is 68.0 Å². The average molecular weight is 350 g/mol. The minimum absolute atomic E-state index is 0.153. The van der Waals surface area contributed by atoms with E-state index in [-0.39, 0.29) is 12.3 Å². The van der Waals surface area contributed by atoms with Crippen LogP contribution in [0, 0.1) is 5.92 Å². The van der Waals surface area contributed by atoms with Gasteiger partial charge in [-0.25, -0.2) is 0 Å². The smallest absolute Gasteiger partial charge is 0.230 e. The normalized spacial score (nSPS) is 11.3. The van der Waals surface area contributed by atoms with Gasteiger partial charge in [0.05, 0.1) is 12.7 Å². The van der Waals surface area contributed by atoms with Gasteiger partial charge in [0, 0.05) is 22.4 Å². The number of carbonyl (C=O) groups excluding carboxylic acids is 1. The van der Waals surface area contributed by atoms with Crippen molar-refractivity contribution in [1.29, 1.82) is 0 Å². The molecule has 120 valence electrons. The first-order valence-corrected chi connectivity index (χ1v) is 8.48. The lowest BCUT2D eigenvalue weighted by molar-refractivity contribution is -0.115. The van der Waals surface area contributed by atoms with E-state index in [1.807, 2.05) is 0 Å². The van der Waals surface area contributed by atoms with Crippen molar-refractivity contribution in [2.45, 2.75) is 26.7 Å². The Morgan fingerprint density at radius 1 is 1.39 bits per heavy atom. The number of anilines is 1. The predicted molar refractivity (Wildman–Crippen MR) is 92.0 cm³/mol. The lowest BCUT2D eigenvalue weighted by Gasteiger charge is -2.00. The summed E-state index contributed by atoms with van der Waals surface area (Å²) in [5.74, 6) is 0.355. The number of fused-ring (bicyclic) bond motifs is 1. The lowest BCUT2D eigenvalue weighted by Crippen LogP contribution is -2.13. The van der Waals surface area contributed by atoms with Crippen molar-refractivity contribution in [1.82, 2.24) is 10.2 Å². The summed E-state index contributed by atoms with van der Waals surface area (Å²) in [6.45, 7) is 4.24. The molecule has 0 aliphatic heterocycles. The summed E-state index contributed by atoms with van der Waals surface area (Å²) in [6, 6.07) is 5.35. The predicted octanol–water partition coefficient (Wildman–Crippen LogP) is 4.32. The Labute approximate surface area is 142 Å². The molecule has 7 heteroatoms. The van der Waals surface area contributed by atoms with Gasteiger partial charge in [0.15, 0.2) is 0 Å². The van der Waals surface area contributed by atoms with E-state index in [1.54, 1.807) is 24.5 Å². The molecule has 1 aromatic carbocycles. The number of halogens is 1. The van der Waals surface area contributed by atoms with Gasteiger partial charge in [-0.15, -0.1) is 10.2 Å². The van der Waals surface area contributed by atoms with Gasteiger partial charge >= 0.3 is 0 Å². The number of hydrogen-bond donors (Lipinski definition) is 1. The van der Waals surface area contributed by atoms with E-state index in [0.29, 0.717) is 21.7 Å². The molecule has 0 unspecified atom stereocenters. The minimum atomic E-state index is -0.153. The number of aromatic nitrogens is 2. The number of rotatable bonds is 5. The maximum absolute atomic E-state index is 12.2. The maximum atomic E-state index is 12.2. The van der Waals surface area contributed by atoms with Crippen molar-refractivity contribution in [3.63, 3.8) is 0 Å². The molecule has 0 saturated carbocycles. The first-order valence-electron chi connectivity index (χ1n) is 7.29. The van der Waals surface area contributed by atoms with Crippen LogP contribution in [0.3, 0.4) is 0 Å². The van der Waals surface area contributed by atoms with Crippen molar-refractivity contribution in [3.05, 3.63) is 40.1 Å². The molecule has 0 saturated heterocycles. The second-order valence-corrected chi connectivity index (χ2v) is 7.22. The third-order valence-corrected chi connectivity index (χ3v) is 4.36.